The van der Waals surface area contributed by atoms with Gasteiger partial charge in [-0.15, -0.1) is 5.01 Å². The Hall–Kier alpha value is -1.00. The lowest BCUT2D eigenvalue weighted by molar-refractivity contribution is -0.693. The van der Waals surface area contributed by atoms with Crippen molar-refractivity contribution in [2.45, 2.75) is 25.8 Å². The highest BCUT2D eigenvalue weighted by Crippen LogP contribution is 2.15. The zero-order valence-electron chi connectivity index (χ0n) is 5.86. The standard InChI is InChI=1S/C5H11N3O2/c1-5-3-2-4-7(5)8(10)6-9/h5,9H,2-4H2,1H3/p-1/b8-6-. The maximum absolute atomic E-state index is 10.6. The monoisotopic (exact) mass is 144 g/mol. The number of hydrogen-bond acceptors (Lipinski definition) is 3. The summed E-state index contributed by atoms with van der Waals surface area (Å²) in [7, 11) is 0. The third kappa shape index (κ3) is 1.12. The first-order valence-corrected chi connectivity index (χ1v) is 3.33. The van der Waals surface area contributed by atoms with Crippen LogP contribution in [-0.2, 0) is 0 Å². The average Bonchev–Trinajstić information content (AvgIpc) is 2.34. The Kier molecular flexibility index (Phi) is 1.94. The van der Waals surface area contributed by atoms with Crippen molar-refractivity contribution < 1.29 is 4.97 Å². The number of rotatable bonds is 1. The summed E-state index contributed by atoms with van der Waals surface area (Å²) in [6.45, 7) is 2.56. The van der Waals surface area contributed by atoms with Crippen LogP contribution >= 0.6 is 0 Å². The van der Waals surface area contributed by atoms with Gasteiger partial charge in [0, 0.05) is 4.97 Å². The molecule has 1 unspecified atom stereocenters. The molecule has 1 fully saturated rings. The molecule has 1 atom stereocenters. The molecule has 0 spiro atoms. The van der Waals surface area contributed by atoms with Crippen LogP contribution < -0.4 is 0 Å². The van der Waals surface area contributed by atoms with Crippen LogP contribution in [0, 0.1) is 10.4 Å². The first kappa shape index (κ1) is 7.11. The van der Waals surface area contributed by atoms with Crippen molar-refractivity contribution in [1.82, 2.24) is 5.01 Å². The lowest BCUT2D eigenvalue weighted by Gasteiger charge is -2.17. The molecule has 5 nitrogen and oxygen atoms in total. The SMILES string of the molecule is CC1CCCN1/[N+]([O-])=N/[O-]. The molecule has 58 valence electrons. The second-order valence-electron chi connectivity index (χ2n) is 2.49. The van der Waals surface area contributed by atoms with Crippen molar-refractivity contribution in [2.24, 2.45) is 5.28 Å². The van der Waals surface area contributed by atoms with Crippen LogP contribution in [0.2, 0.25) is 0 Å². The Bertz CT molecular complexity index is 148. The Balaban J connectivity index is 2.55. The molecule has 0 radical (unpaired) electrons. The zero-order chi connectivity index (χ0) is 7.56. The van der Waals surface area contributed by atoms with Gasteiger partial charge in [0.15, 0.2) is 0 Å². The molecule has 0 aromatic rings. The molecule has 1 rings (SSSR count). The Labute approximate surface area is 59.1 Å². The Morgan fingerprint density at radius 2 is 2.40 bits per heavy atom. The molecule has 10 heavy (non-hydrogen) atoms. The molecule has 0 N–H and O–H groups in total. The van der Waals surface area contributed by atoms with Crippen LogP contribution in [0.25, 0.3) is 0 Å². The maximum atomic E-state index is 10.6. The van der Waals surface area contributed by atoms with Gasteiger partial charge in [-0.05, 0) is 25.0 Å². The van der Waals surface area contributed by atoms with E-state index in [9.17, 15) is 10.4 Å². The Morgan fingerprint density at radius 3 is 2.80 bits per heavy atom. The van der Waals surface area contributed by atoms with Crippen LogP contribution in [-0.4, -0.2) is 22.6 Å². The minimum absolute atomic E-state index is 0.137. The molecular formula is C5H10N3O2-. The molecular weight excluding hydrogens is 134 g/mol. The van der Waals surface area contributed by atoms with Gasteiger partial charge in [-0.25, -0.2) is 0 Å². The van der Waals surface area contributed by atoms with Gasteiger partial charge in [0.05, 0.1) is 12.6 Å². The summed E-state index contributed by atoms with van der Waals surface area (Å²) in [5, 5.41) is 24.0. The molecule has 1 aliphatic rings. The molecule has 0 aliphatic carbocycles. The molecule has 0 aromatic heterocycles. The number of hydrazine groups is 1. The Morgan fingerprint density at radius 1 is 1.70 bits per heavy atom. The van der Waals surface area contributed by atoms with Gasteiger partial charge >= 0.3 is 0 Å². The van der Waals surface area contributed by atoms with E-state index in [4.69, 9.17) is 0 Å². The van der Waals surface area contributed by atoms with E-state index in [-0.39, 0.29) is 11.0 Å². The van der Waals surface area contributed by atoms with Gasteiger partial charge in [0.2, 0.25) is 0 Å². The van der Waals surface area contributed by atoms with E-state index < -0.39 is 0 Å². The van der Waals surface area contributed by atoms with Crippen molar-refractivity contribution >= 4 is 0 Å². The molecule has 1 aliphatic heterocycles. The van der Waals surface area contributed by atoms with Gasteiger partial charge in [-0.3, -0.25) is 0 Å². The highest BCUT2D eigenvalue weighted by molar-refractivity contribution is 4.67. The second kappa shape index (κ2) is 2.72. The van der Waals surface area contributed by atoms with Gasteiger partial charge in [0.25, 0.3) is 0 Å². The van der Waals surface area contributed by atoms with E-state index in [0.717, 1.165) is 12.8 Å². The van der Waals surface area contributed by atoms with Gasteiger partial charge < -0.3 is 10.4 Å². The van der Waals surface area contributed by atoms with Crippen molar-refractivity contribution in [3.8, 4) is 0 Å². The highest BCUT2D eigenvalue weighted by atomic mass is 16.6. The third-order valence-corrected chi connectivity index (χ3v) is 1.81. The van der Waals surface area contributed by atoms with Gasteiger partial charge in [-0.1, -0.05) is 0 Å². The van der Waals surface area contributed by atoms with Crippen LogP contribution in [0.3, 0.4) is 0 Å². The molecule has 1 saturated heterocycles. The van der Waals surface area contributed by atoms with E-state index in [1.54, 1.807) is 0 Å². The molecule has 1 heterocycles. The summed E-state index contributed by atoms with van der Waals surface area (Å²) in [6.07, 6.45) is 1.93. The summed E-state index contributed by atoms with van der Waals surface area (Å²) in [6, 6.07) is 0.162. The quantitative estimate of drug-likeness (QED) is 0.311. The molecule has 5 heteroatoms. The average molecular weight is 144 g/mol. The highest BCUT2D eigenvalue weighted by Gasteiger charge is 2.25. The molecule has 0 amide bonds. The topological polar surface area (TPSA) is 64.7 Å². The summed E-state index contributed by atoms with van der Waals surface area (Å²) < 4.78 is 0. The maximum Gasteiger partial charge on any atom is 0.0848 e. The lowest BCUT2D eigenvalue weighted by atomic mass is 10.3. The first-order chi connectivity index (χ1) is 4.75. The normalized spacial score (nSPS) is 27.5. The van der Waals surface area contributed by atoms with E-state index >= 15 is 0 Å². The van der Waals surface area contributed by atoms with Crippen LogP contribution in [0.5, 0.6) is 0 Å². The van der Waals surface area contributed by atoms with Gasteiger partial charge in [0.1, 0.15) is 0 Å². The summed E-state index contributed by atoms with van der Waals surface area (Å²) in [5.41, 5.74) is 0. The summed E-state index contributed by atoms with van der Waals surface area (Å²) >= 11 is 0. The fraction of sp³-hybridized carbons (Fsp3) is 1.00. The minimum Gasteiger partial charge on any atom is -0.737 e. The van der Waals surface area contributed by atoms with Crippen molar-refractivity contribution in [3.05, 3.63) is 10.4 Å². The fourth-order valence-corrected chi connectivity index (χ4v) is 1.22. The molecule has 0 bridgehead atoms. The number of nitrogens with zero attached hydrogens (tertiary/aromatic N) is 3. The minimum atomic E-state index is 0.137. The smallest absolute Gasteiger partial charge is 0.0848 e. The zero-order valence-corrected chi connectivity index (χ0v) is 5.86. The van der Waals surface area contributed by atoms with Crippen LogP contribution in [0.15, 0.2) is 5.28 Å². The van der Waals surface area contributed by atoms with Crippen molar-refractivity contribution in [2.75, 3.05) is 6.54 Å². The van der Waals surface area contributed by atoms with Crippen LogP contribution in [0.1, 0.15) is 19.8 Å². The first-order valence-electron chi connectivity index (χ1n) is 3.33. The lowest BCUT2D eigenvalue weighted by Crippen LogP contribution is -2.33. The predicted molar refractivity (Wildman–Crippen MR) is 34.8 cm³/mol. The second-order valence-corrected chi connectivity index (χ2v) is 2.49. The van der Waals surface area contributed by atoms with Gasteiger partial charge in [-0.2, -0.15) is 0 Å². The van der Waals surface area contributed by atoms with E-state index in [1.165, 1.54) is 5.01 Å². The predicted octanol–water partition coefficient (Wildman–Crippen LogP) is 0.846. The fourth-order valence-electron chi connectivity index (χ4n) is 1.22. The van der Waals surface area contributed by atoms with E-state index in [1.807, 2.05) is 6.92 Å². The van der Waals surface area contributed by atoms with Crippen molar-refractivity contribution in [1.29, 1.82) is 0 Å². The summed E-state index contributed by atoms with van der Waals surface area (Å²) in [4.78, 5) is 0.137. The van der Waals surface area contributed by atoms with E-state index in [0.29, 0.717) is 6.54 Å². The largest absolute Gasteiger partial charge is 0.737 e. The molecule has 0 saturated carbocycles. The van der Waals surface area contributed by atoms with Crippen LogP contribution in [0.4, 0.5) is 0 Å². The van der Waals surface area contributed by atoms with E-state index in [2.05, 4.69) is 5.28 Å². The number of hydrogen-bond donors (Lipinski definition) is 0. The summed E-state index contributed by atoms with van der Waals surface area (Å²) in [5.74, 6) is 0. The molecule has 0 aromatic carbocycles. The van der Waals surface area contributed by atoms with Crippen molar-refractivity contribution in [3.63, 3.8) is 0 Å². The third-order valence-electron chi connectivity index (χ3n) is 1.81.